The summed E-state index contributed by atoms with van der Waals surface area (Å²) in [5.74, 6) is -2.43. The van der Waals surface area contributed by atoms with Crippen LogP contribution < -0.4 is 0 Å². The number of carbonyl (C=O) groups excluding carboxylic acids is 2. The Labute approximate surface area is 78.8 Å². The Balaban J connectivity index is 2.19. The minimum absolute atomic E-state index is 0.0765. The van der Waals surface area contributed by atoms with Gasteiger partial charge in [0.25, 0.3) is 0 Å². The Morgan fingerprint density at radius 3 is 2.64 bits per heavy atom. The maximum absolute atomic E-state index is 11.3. The van der Waals surface area contributed by atoms with Gasteiger partial charge in [-0.2, -0.15) is 0 Å². The molecule has 2 aliphatic heterocycles. The third-order valence-electron chi connectivity index (χ3n) is 2.45. The van der Waals surface area contributed by atoms with Crippen LogP contribution in [-0.2, 0) is 23.9 Å². The fourth-order valence-corrected chi connectivity index (χ4v) is 1.71. The maximum atomic E-state index is 11.3. The summed E-state index contributed by atoms with van der Waals surface area (Å²) in [6, 6.07) is 0. The molecule has 6 nitrogen and oxygen atoms in total. The zero-order valence-corrected chi connectivity index (χ0v) is 7.19. The van der Waals surface area contributed by atoms with Crippen molar-refractivity contribution in [1.29, 1.82) is 0 Å². The summed E-state index contributed by atoms with van der Waals surface area (Å²) in [5.41, 5.74) is -1.32. The first-order valence-electron chi connectivity index (χ1n) is 4.19. The van der Waals surface area contributed by atoms with Gasteiger partial charge in [-0.1, -0.05) is 0 Å². The lowest BCUT2D eigenvalue weighted by Crippen LogP contribution is -2.34. The van der Waals surface area contributed by atoms with Crippen molar-refractivity contribution >= 4 is 17.9 Å². The van der Waals surface area contributed by atoms with Crippen LogP contribution in [0.3, 0.4) is 0 Å². The highest BCUT2D eigenvalue weighted by Crippen LogP contribution is 2.38. The summed E-state index contributed by atoms with van der Waals surface area (Å²) in [7, 11) is 0. The topological polar surface area (TPSA) is 89.9 Å². The Kier molecular flexibility index (Phi) is 1.73. The van der Waals surface area contributed by atoms with E-state index in [4.69, 9.17) is 9.84 Å². The van der Waals surface area contributed by atoms with Crippen LogP contribution in [0.4, 0.5) is 0 Å². The van der Waals surface area contributed by atoms with Crippen molar-refractivity contribution in [3.8, 4) is 0 Å². The van der Waals surface area contributed by atoms with Gasteiger partial charge >= 0.3 is 17.9 Å². The molecule has 2 rings (SSSR count). The molecule has 1 spiro atoms. The number of aliphatic carboxylic acids is 1. The van der Waals surface area contributed by atoms with E-state index in [0.29, 0.717) is 0 Å². The summed E-state index contributed by atoms with van der Waals surface area (Å²) in [6.45, 7) is 0. The normalized spacial score (nSPS) is 35.9. The number of carbonyl (C=O) groups is 3. The maximum Gasteiger partial charge on any atom is 0.351 e. The van der Waals surface area contributed by atoms with Gasteiger partial charge in [-0.05, 0) is 0 Å². The summed E-state index contributed by atoms with van der Waals surface area (Å²) >= 11 is 0. The molecule has 0 amide bonds. The van der Waals surface area contributed by atoms with E-state index < -0.39 is 29.6 Å². The van der Waals surface area contributed by atoms with Gasteiger partial charge in [0.15, 0.2) is 0 Å². The summed E-state index contributed by atoms with van der Waals surface area (Å²) in [6.07, 6.45) is -0.906. The van der Waals surface area contributed by atoms with Crippen molar-refractivity contribution in [3.05, 3.63) is 0 Å². The SMILES string of the molecule is O=C1CC[C@@]2(C[C@@H](C(=O)O)OC2=O)O1. The van der Waals surface area contributed by atoms with Crippen LogP contribution >= 0.6 is 0 Å². The van der Waals surface area contributed by atoms with Crippen LogP contribution in [0.2, 0.25) is 0 Å². The molecule has 0 aromatic heterocycles. The first-order chi connectivity index (χ1) is 6.53. The Morgan fingerprint density at radius 1 is 1.50 bits per heavy atom. The van der Waals surface area contributed by atoms with Gasteiger partial charge in [0, 0.05) is 19.3 Å². The van der Waals surface area contributed by atoms with E-state index in [0.717, 1.165) is 0 Å². The quantitative estimate of drug-likeness (QED) is 0.572. The van der Waals surface area contributed by atoms with E-state index in [9.17, 15) is 14.4 Å². The first kappa shape index (κ1) is 8.98. The summed E-state index contributed by atoms with van der Waals surface area (Å²) in [4.78, 5) is 32.7. The minimum atomic E-state index is -1.32. The summed E-state index contributed by atoms with van der Waals surface area (Å²) in [5, 5.41) is 8.62. The van der Waals surface area contributed by atoms with Gasteiger partial charge in [-0.3, -0.25) is 4.79 Å². The lowest BCUT2D eigenvalue weighted by atomic mass is 9.96. The molecular weight excluding hydrogens is 192 g/mol. The second-order valence-corrected chi connectivity index (χ2v) is 3.40. The van der Waals surface area contributed by atoms with Gasteiger partial charge in [0.2, 0.25) is 11.7 Å². The third-order valence-corrected chi connectivity index (χ3v) is 2.45. The second kappa shape index (κ2) is 2.70. The van der Waals surface area contributed by atoms with Crippen LogP contribution in [0, 0.1) is 0 Å². The van der Waals surface area contributed by atoms with Crippen molar-refractivity contribution in [3.63, 3.8) is 0 Å². The molecule has 2 fully saturated rings. The molecule has 6 heteroatoms. The predicted molar refractivity (Wildman–Crippen MR) is 40.2 cm³/mol. The lowest BCUT2D eigenvalue weighted by Gasteiger charge is -2.15. The number of rotatable bonds is 1. The molecule has 0 saturated carbocycles. The molecule has 2 saturated heterocycles. The number of carboxylic acids is 1. The Morgan fingerprint density at radius 2 is 2.21 bits per heavy atom. The minimum Gasteiger partial charge on any atom is -0.479 e. The molecule has 14 heavy (non-hydrogen) atoms. The van der Waals surface area contributed by atoms with Crippen molar-refractivity contribution < 1.29 is 29.0 Å². The summed E-state index contributed by atoms with van der Waals surface area (Å²) < 4.78 is 9.42. The molecule has 2 atom stereocenters. The smallest absolute Gasteiger partial charge is 0.351 e. The van der Waals surface area contributed by atoms with E-state index in [1.165, 1.54) is 0 Å². The number of hydrogen-bond donors (Lipinski definition) is 1. The zero-order chi connectivity index (χ0) is 10.3. The predicted octanol–water partition coefficient (Wildman–Crippen LogP) is -0.538. The van der Waals surface area contributed by atoms with E-state index in [1.54, 1.807) is 0 Å². The van der Waals surface area contributed by atoms with Crippen molar-refractivity contribution in [2.45, 2.75) is 31.0 Å². The number of hydrogen-bond acceptors (Lipinski definition) is 5. The largest absolute Gasteiger partial charge is 0.479 e. The third kappa shape index (κ3) is 1.14. The molecule has 0 radical (unpaired) electrons. The van der Waals surface area contributed by atoms with Crippen LogP contribution in [0.5, 0.6) is 0 Å². The van der Waals surface area contributed by atoms with Gasteiger partial charge in [0.05, 0.1) is 0 Å². The molecule has 0 unspecified atom stereocenters. The molecular formula is C8H8O6. The molecule has 76 valence electrons. The molecule has 0 aromatic rings. The number of carboxylic acid groups (broad SMARTS) is 1. The van der Waals surface area contributed by atoms with Crippen LogP contribution in [0.15, 0.2) is 0 Å². The van der Waals surface area contributed by atoms with Crippen molar-refractivity contribution in [2.75, 3.05) is 0 Å². The van der Waals surface area contributed by atoms with Crippen LogP contribution in [0.25, 0.3) is 0 Å². The standard InChI is InChI=1S/C8H8O6/c9-5-1-2-8(14-5)3-4(6(10)11)13-7(8)12/h4H,1-3H2,(H,10,11)/t4-,8-/m0/s1. The highest BCUT2D eigenvalue weighted by Gasteiger charge is 2.57. The zero-order valence-electron chi connectivity index (χ0n) is 7.19. The van der Waals surface area contributed by atoms with Gasteiger partial charge in [-0.25, -0.2) is 9.59 Å². The average molecular weight is 200 g/mol. The fraction of sp³-hybridized carbons (Fsp3) is 0.625. The number of cyclic esters (lactones) is 1. The fourth-order valence-electron chi connectivity index (χ4n) is 1.71. The highest BCUT2D eigenvalue weighted by molar-refractivity contribution is 5.92. The number of esters is 2. The van der Waals surface area contributed by atoms with Crippen LogP contribution in [-0.4, -0.2) is 34.7 Å². The first-order valence-corrected chi connectivity index (χ1v) is 4.19. The highest BCUT2D eigenvalue weighted by atomic mass is 16.6. The molecule has 2 heterocycles. The molecule has 0 bridgehead atoms. The van der Waals surface area contributed by atoms with E-state index >= 15 is 0 Å². The van der Waals surface area contributed by atoms with Gasteiger partial charge < -0.3 is 14.6 Å². The molecule has 2 aliphatic rings. The monoisotopic (exact) mass is 200 g/mol. The van der Waals surface area contributed by atoms with Crippen molar-refractivity contribution in [2.24, 2.45) is 0 Å². The molecule has 1 N–H and O–H groups in total. The number of ether oxygens (including phenoxy) is 2. The van der Waals surface area contributed by atoms with E-state index in [1.807, 2.05) is 0 Å². The van der Waals surface area contributed by atoms with E-state index in [-0.39, 0.29) is 19.3 Å². The van der Waals surface area contributed by atoms with Gasteiger partial charge in [-0.15, -0.1) is 0 Å². The lowest BCUT2D eigenvalue weighted by molar-refractivity contribution is -0.166. The Bertz CT molecular complexity index is 322. The molecule has 0 aliphatic carbocycles. The van der Waals surface area contributed by atoms with Gasteiger partial charge in [0.1, 0.15) is 0 Å². The Hall–Kier alpha value is -1.59. The van der Waals surface area contributed by atoms with Crippen LogP contribution in [0.1, 0.15) is 19.3 Å². The van der Waals surface area contributed by atoms with E-state index in [2.05, 4.69) is 4.74 Å². The second-order valence-electron chi connectivity index (χ2n) is 3.40. The average Bonchev–Trinajstić information content (AvgIpc) is 2.60. The van der Waals surface area contributed by atoms with Crippen molar-refractivity contribution in [1.82, 2.24) is 0 Å². The molecule has 0 aromatic carbocycles.